The summed E-state index contributed by atoms with van der Waals surface area (Å²) < 4.78 is 0. The van der Waals surface area contributed by atoms with Crippen LogP contribution < -0.4 is 10.6 Å². The Hall–Kier alpha value is -1.35. The minimum Gasteiger partial charge on any atom is -0.326 e. The van der Waals surface area contributed by atoms with Gasteiger partial charge in [-0.1, -0.05) is 19.1 Å². The summed E-state index contributed by atoms with van der Waals surface area (Å²) in [7, 11) is 1.91. The average Bonchev–Trinajstić information content (AvgIpc) is 2.23. The van der Waals surface area contributed by atoms with E-state index in [9.17, 15) is 4.79 Å². The number of hydrogen-bond acceptors (Lipinski definition) is 2. The molecule has 0 radical (unpaired) electrons. The molecule has 0 heterocycles. The Bertz CT molecular complexity index is 347. The van der Waals surface area contributed by atoms with Gasteiger partial charge in [0.25, 0.3) is 0 Å². The molecule has 0 aliphatic heterocycles. The van der Waals surface area contributed by atoms with E-state index < -0.39 is 0 Å². The van der Waals surface area contributed by atoms with E-state index in [-0.39, 0.29) is 5.91 Å². The first-order valence-electron chi connectivity index (χ1n) is 5.21. The van der Waals surface area contributed by atoms with Gasteiger partial charge < -0.3 is 10.6 Å². The van der Waals surface area contributed by atoms with Gasteiger partial charge in [-0.15, -0.1) is 0 Å². The summed E-state index contributed by atoms with van der Waals surface area (Å²) in [6, 6.07) is 6.10. The van der Waals surface area contributed by atoms with Gasteiger partial charge in [0, 0.05) is 18.7 Å². The number of carbonyl (C=O) groups is 1. The van der Waals surface area contributed by atoms with Gasteiger partial charge in [0.2, 0.25) is 5.91 Å². The zero-order valence-electron chi connectivity index (χ0n) is 9.55. The van der Waals surface area contributed by atoms with E-state index in [2.05, 4.69) is 16.7 Å². The van der Waals surface area contributed by atoms with Crippen molar-refractivity contribution in [2.45, 2.75) is 26.8 Å². The highest BCUT2D eigenvalue weighted by Crippen LogP contribution is 2.17. The molecular weight excluding hydrogens is 188 g/mol. The molecule has 3 heteroatoms. The van der Waals surface area contributed by atoms with Gasteiger partial charge >= 0.3 is 0 Å². The lowest BCUT2D eigenvalue weighted by Gasteiger charge is -2.09. The quantitative estimate of drug-likeness (QED) is 0.791. The van der Waals surface area contributed by atoms with Gasteiger partial charge in [-0.3, -0.25) is 4.79 Å². The number of carbonyl (C=O) groups excluding carboxylic acids is 1. The van der Waals surface area contributed by atoms with Crippen molar-refractivity contribution in [2.75, 3.05) is 12.4 Å². The normalized spacial score (nSPS) is 10.1. The third-order valence-corrected chi connectivity index (χ3v) is 2.28. The van der Waals surface area contributed by atoms with E-state index in [0.717, 1.165) is 17.8 Å². The zero-order valence-corrected chi connectivity index (χ0v) is 9.55. The molecule has 0 fully saturated rings. The zero-order chi connectivity index (χ0) is 11.3. The first-order valence-corrected chi connectivity index (χ1v) is 5.21. The fourth-order valence-corrected chi connectivity index (χ4v) is 1.36. The molecule has 0 saturated heterocycles. The number of benzene rings is 1. The number of aryl methyl sites for hydroxylation is 1. The van der Waals surface area contributed by atoms with Gasteiger partial charge in [-0.05, 0) is 31.2 Å². The van der Waals surface area contributed by atoms with Gasteiger partial charge in [0.15, 0.2) is 0 Å². The smallest absolute Gasteiger partial charge is 0.224 e. The van der Waals surface area contributed by atoms with Crippen molar-refractivity contribution in [1.29, 1.82) is 0 Å². The van der Waals surface area contributed by atoms with Crippen LogP contribution in [-0.2, 0) is 11.3 Å². The molecular formula is C12H18N2O. The monoisotopic (exact) mass is 206 g/mol. The summed E-state index contributed by atoms with van der Waals surface area (Å²) in [5.41, 5.74) is 3.18. The van der Waals surface area contributed by atoms with Gasteiger partial charge in [-0.25, -0.2) is 0 Å². The topological polar surface area (TPSA) is 41.1 Å². The molecule has 0 saturated carbocycles. The predicted molar refractivity (Wildman–Crippen MR) is 62.9 cm³/mol. The summed E-state index contributed by atoms with van der Waals surface area (Å²) in [6.45, 7) is 4.66. The van der Waals surface area contributed by atoms with Crippen LogP contribution in [-0.4, -0.2) is 13.0 Å². The molecule has 1 amide bonds. The van der Waals surface area contributed by atoms with Crippen LogP contribution in [0.25, 0.3) is 0 Å². The highest BCUT2D eigenvalue weighted by molar-refractivity contribution is 5.91. The van der Waals surface area contributed by atoms with E-state index in [1.807, 2.05) is 33.0 Å². The number of nitrogens with one attached hydrogen (secondary N) is 2. The molecule has 0 unspecified atom stereocenters. The molecule has 15 heavy (non-hydrogen) atoms. The minimum absolute atomic E-state index is 0.0553. The molecule has 0 aromatic heterocycles. The van der Waals surface area contributed by atoms with Crippen molar-refractivity contribution in [1.82, 2.24) is 5.32 Å². The molecule has 0 spiro atoms. The van der Waals surface area contributed by atoms with Gasteiger partial charge in [-0.2, -0.15) is 0 Å². The van der Waals surface area contributed by atoms with E-state index in [1.54, 1.807) is 0 Å². The van der Waals surface area contributed by atoms with Crippen molar-refractivity contribution >= 4 is 11.6 Å². The van der Waals surface area contributed by atoms with Crippen molar-refractivity contribution in [3.8, 4) is 0 Å². The Balaban J connectivity index is 2.85. The second-order valence-corrected chi connectivity index (χ2v) is 3.58. The number of anilines is 1. The van der Waals surface area contributed by atoms with E-state index >= 15 is 0 Å². The lowest BCUT2D eigenvalue weighted by atomic mass is 10.1. The molecule has 1 rings (SSSR count). The van der Waals surface area contributed by atoms with Crippen LogP contribution in [0.1, 0.15) is 24.5 Å². The van der Waals surface area contributed by atoms with E-state index in [0.29, 0.717) is 6.42 Å². The molecule has 2 N–H and O–H groups in total. The molecule has 82 valence electrons. The highest BCUT2D eigenvalue weighted by Gasteiger charge is 2.03. The Morgan fingerprint density at radius 1 is 1.40 bits per heavy atom. The van der Waals surface area contributed by atoms with Crippen LogP contribution in [0, 0.1) is 6.92 Å². The Morgan fingerprint density at radius 3 is 2.73 bits per heavy atom. The first kappa shape index (κ1) is 11.7. The maximum atomic E-state index is 11.3. The molecule has 0 atom stereocenters. The average molecular weight is 206 g/mol. The number of hydrogen-bond donors (Lipinski definition) is 2. The van der Waals surface area contributed by atoms with Crippen LogP contribution in [0.15, 0.2) is 18.2 Å². The predicted octanol–water partition coefficient (Wildman–Crippen LogP) is 2.06. The van der Waals surface area contributed by atoms with Gasteiger partial charge in [0.1, 0.15) is 0 Å². The van der Waals surface area contributed by atoms with Crippen LogP contribution in [0.3, 0.4) is 0 Å². The Kier molecular flexibility index (Phi) is 4.31. The molecule has 0 aliphatic carbocycles. The van der Waals surface area contributed by atoms with Crippen molar-refractivity contribution < 1.29 is 4.79 Å². The third-order valence-electron chi connectivity index (χ3n) is 2.28. The first-order chi connectivity index (χ1) is 7.17. The molecule has 1 aromatic rings. The summed E-state index contributed by atoms with van der Waals surface area (Å²) in [5, 5.41) is 5.98. The molecule has 0 bridgehead atoms. The lowest BCUT2D eigenvalue weighted by molar-refractivity contribution is -0.115. The summed E-state index contributed by atoms with van der Waals surface area (Å²) in [5.74, 6) is 0.0553. The van der Waals surface area contributed by atoms with Crippen molar-refractivity contribution in [3.05, 3.63) is 29.3 Å². The van der Waals surface area contributed by atoms with Crippen molar-refractivity contribution in [2.24, 2.45) is 0 Å². The highest BCUT2D eigenvalue weighted by atomic mass is 16.1. The van der Waals surface area contributed by atoms with Gasteiger partial charge in [0.05, 0.1) is 0 Å². The molecule has 1 aromatic carbocycles. The summed E-state index contributed by atoms with van der Waals surface area (Å²) in [6.07, 6.45) is 0.510. The Morgan fingerprint density at radius 2 is 2.13 bits per heavy atom. The summed E-state index contributed by atoms with van der Waals surface area (Å²) in [4.78, 5) is 11.3. The largest absolute Gasteiger partial charge is 0.326 e. The fourth-order valence-electron chi connectivity index (χ4n) is 1.36. The SMILES string of the molecule is CCC(=O)Nc1cc(CNC)ccc1C. The fraction of sp³-hybridized carbons (Fsp3) is 0.417. The lowest BCUT2D eigenvalue weighted by Crippen LogP contribution is -2.12. The maximum Gasteiger partial charge on any atom is 0.224 e. The van der Waals surface area contributed by atoms with Crippen LogP contribution >= 0.6 is 0 Å². The minimum atomic E-state index is 0.0553. The van der Waals surface area contributed by atoms with Crippen molar-refractivity contribution in [3.63, 3.8) is 0 Å². The van der Waals surface area contributed by atoms with E-state index in [1.165, 1.54) is 5.56 Å². The molecule has 3 nitrogen and oxygen atoms in total. The third kappa shape index (κ3) is 3.36. The number of amides is 1. The van der Waals surface area contributed by atoms with Crippen LogP contribution in [0.4, 0.5) is 5.69 Å². The second-order valence-electron chi connectivity index (χ2n) is 3.58. The number of rotatable bonds is 4. The maximum absolute atomic E-state index is 11.3. The molecule has 0 aliphatic rings. The standard InChI is InChI=1S/C12H18N2O/c1-4-12(15)14-11-7-10(8-13-3)6-5-9(11)2/h5-7,13H,4,8H2,1-3H3,(H,14,15). The van der Waals surface area contributed by atoms with E-state index in [4.69, 9.17) is 0 Å². The summed E-state index contributed by atoms with van der Waals surface area (Å²) >= 11 is 0. The van der Waals surface area contributed by atoms with Crippen LogP contribution in [0.5, 0.6) is 0 Å². The second kappa shape index (κ2) is 5.51. The van der Waals surface area contributed by atoms with Crippen LogP contribution in [0.2, 0.25) is 0 Å². The Labute approximate surface area is 90.9 Å².